The lowest BCUT2D eigenvalue weighted by Gasteiger charge is -2.11. The summed E-state index contributed by atoms with van der Waals surface area (Å²) in [5.74, 6) is -0.342. The molecule has 3 N–H and O–H groups in total. The third kappa shape index (κ3) is 5.32. The van der Waals surface area contributed by atoms with Crippen molar-refractivity contribution in [1.82, 2.24) is 10.6 Å². The zero-order chi connectivity index (χ0) is 14.3. The van der Waals surface area contributed by atoms with E-state index in [-0.39, 0.29) is 12.5 Å². The molecule has 0 radical (unpaired) electrons. The maximum Gasteiger partial charge on any atom is 0.321 e. The lowest BCUT2D eigenvalue weighted by Crippen LogP contribution is -2.42. The van der Waals surface area contributed by atoms with Crippen molar-refractivity contribution in [3.05, 3.63) is 29.8 Å². The highest BCUT2D eigenvalue weighted by atomic mass is 32.2. The van der Waals surface area contributed by atoms with Crippen molar-refractivity contribution >= 4 is 23.7 Å². The smallest absolute Gasteiger partial charge is 0.321 e. The monoisotopic (exact) mass is 282 g/mol. The number of rotatable bonds is 5. The fraction of sp³-hybridized carbons (Fsp3) is 0.385. The van der Waals surface area contributed by atoms with Gasteiger partial charge in [-0.15, -0.1) is 11.8 Å². The SMILES string of the molecule is CCNC(=O)NC(=O)C(C)Sc1cccc(CO)c1. The minimum Gasteiger partial charge on any atom is -0.392 e. The lowest BCUT2D eigenvalue weighted by atomic mass is 10.2. The molecule has 0 aromatic heterocycles. The van der Waals surface area contributed by atoms with Gasteiger partial charge >= 0.3 is 6.03 Å². The molecule has 104 valence electrons. The highest BCUT2D eigenvalue weighted by Gasteiger charge is 2.16. The van der Waals surface area contributed by atoms with E-state index >= 15 is 0 Å². The van der Waals surface area contributed by atoms with E-state index in [9.17, 15) is 9.59 Å². The van der Waals surface area contributed by atoms with Gasteiger partial charge in [0, 0.05) is 11.4 Å². The zero-order valence-electron chi connectivity index (χ0n) is 11.0. The number of carbonyl (C=O) groups is 2. The van der Waals surface area contributed by atoms with Gasteiger partial charge in [0.25, 0.3) is 0 Å². The van der Waals surface area contributed by atoms with Gasteiger partial charge < -0.3 is 10.4 Å². The molecule has 0 fully saturated rings. The van der Waals surface area contributed by atoms with Crippen molar-refractivity contribution in [1.29, 1.82) is 0 Å². The number of amides is 3. The molecule has 6 heteroatoms. The number of nitrogens with one attached hydrogen (secondary N) is 2. The van der Waals surface area contributed by atoms with Crippen LogP contribution in [-0.2, 0) is 11.4 Å². The summed E-state index contributed by atoms with van der Waals surface area (Å²) in [4.78, 5) is 23.9. The average molecular weight is 282 g/mol. The van der Waals surface area contributed by atoms with Crippen LogP contribution in [0.5, 0.6) is 0 Å². The van der Waals surface area contributed by atoms with E-state index in [0.717, 1.165) is 10.5 Å². The first-order valence-electron chi connectivity index (χ1n) is 6.02. The molecule has 1 atom stereocenters. The third-order valence-corrected chi connectivity index (χ3v) is 3.43. The summed E-state index contributed by atoms with van der Waals surface area (Å²) in [6.45, 7) is 3.94. The van der Waals surface area contributed by atoms with Crippen LogP contribution in [0.2, 0.25) is 0 Å². The molecular weight excluding hydrogens is 264 g/mol. The predicted molar refractivity (Wildman–Crippen MR) is 74.9 cm³/mol. The van der Waals surface area contributed by atoms with Crippen molar-refractivity contribution in [3.63, 3.8) is 0 Å². The van der Waals surface area contributed by atoms with Gasteiger partial charge in [-0.05, 0) is 31.5 Å². The number of carbonyl (C=O) groups excluding carboxylic acids is 2. The number of aliphatic hydroxyl groups is 1. The second kappa shape index (κ2) is 7.81. The van der Waals surface area contributed by atoms with E-state index in [2.05, 4.69) is 10.6 Å². The van der Waals surface area contributed by atoms with E-state index < -0.39 is 11.3 Å². The Labute approximate surface area is 116 Å². The quantitative estimate of drug-likeness (QED) is 0.715. The third-order valence-electron chi connectivity index (χ3n) is 2.34. The number of aliphatic hydroxyl groups excluding tert-OH is 1. The predicted octanol–water partition coefficient (Wildman–Crippen LogP) is 1.51. The lowest BCUT2D eigenvalue weighted by molar-refractivity contribution is -0.119. The number of thioether (sulfide) groups is 1. The number of imide groups is 1. The highest BCUT2D eigenvalue weighted by Crippen LogP contribution is 2.24. The maximum absolute atomic E-state index is 11.7. The highest BCUT2D eigenvalue weighted by molar-refractivity contribution is 8.00. The van der Waals surface area contributed by atoms with Gasteiger partial charge in [-0.2, -0.15) is 0 Å². The fourth-order valence-corrected chi connectivity index (χ4v) is 2.34. The Kier molecular flexibility index (Phi) is 6.38. The average Bonchev–Trinajstić information content (AvgIpc) is 2.39. The summed E-state index contributed by atoms with van der Waals surface area (Å²) < 4.78 is 0. The van der Waals surface area contributed by atoms with E-state index in [4.69, 9.17) is 5.11 Å². The molecule has 0 saturated carbocycles. The maximum atomic E-state index is 11.7. The van der Waals surface area contributed by atoms with Gasteiger partial charge in [0.15, 0.2) is 0 Å². The minimum atomic E-state index is -0.482. The first-order chi connectivity index (χ1) is 9.06. The molecule has 19 heavy (non-hydrogen) atoms. The van der Waals surface area contributed by atoms with Gasteiger partial charge in [0.1, 0.15) is 0 Å². The number of benzene rings is 1. The molecule has 0 aliphatic heterocycles. The molecule has 0 saturated heterocycles. The zero-order valence-corrected chi connectivity index (χ0v) is 11.8. The molecule has 1 aromatic carbocycles. The molecule has 0 bridgehead atoms. The number of hydrogen-bond acceptors (Lipinski definition) is 4. The van der Waals surface area contributed by atoms with Gasteiger partial charge in [-0.3, -0.25) is 10.1 Å². The van der Waals surface area contributed by atoms with Crippen LogP contribution < -0.4 is 10.6 Å². The van der Waals surface area contributed by atoms with Crippen LogP contribution in [0.3, 0.4) is 0 Å². The van der Waals surface area contributed by atoms with E-state index in [1.54, 1.807) is 13.8 Å². The molecule has 1 aromatic rings. The van der Waals surface area contributed by atoms with Gasteiger partial charge in [0.05, 0.1) is 11.9 Å². The molecule has 0 aliphatic rings. The van der Waals surface area contributed by atoms with Crippen LogP contribution in [0, 0.1) is 0 Å². The van der Waals surface area contributed by atoms with Crippen LogP contribution in [0.15, 0.2) is 29.2 Å². The Morgan fingerprint density at radius 3 is 2.79 bits per heavy atom. The second-order valence-corrected chi connectivity index (χ2v) is 5.33. The van der Waals surface area contributed by atoms with Crippen LogP contribution in [0.1, 0.15) is 19.4 Å². The van der Waals surface area contributed by atoms with E-state index in [0.29, 0.717) is 6.54 Å². The van der Waals surface area contributed by atoms with Gasteiger partial charge in [0.2, 0.25) is 5.91 Å². The summed E-state index contributed by atoms with van der Waals surface area (Å²) in [6, 6.07) is 6.83. The minimum absolute atomic E-state index is 0.0338. The summed E-state index contributed by atoms with van der Waals surface area (Å²) in [5.41, 5.74) is 0.793. The van der Waals surface area contributed by atoms with Crippen LogP contribution >= 0.6 is 11.8 Å². The van der Waals surface area contributed by atoms with Crippen LogP contribution in [0.4, 0.5) is 4.79 Å². The van der Waals surface area contributed by atoms with E-state index in [1.807, 2.05) is 24.3 Å². The standard InChI is InChI=1S/C13H18N2O3S/c1-3-14-13(18)15-12(17)9(2)19-11-6-4-5-10(7-11)8-16/h4-7,9,16H,3,8H2,1-2H3,(H2,14,15,17,18). The van der Waals surface area contributed by atoms with Gasteiger partial charge in [-0.1, -0.05) is 12.1 Å². The molecule has 1 unspecified atom stereocenters. The van der Waals surface area contributed by atoms with Gasteiger partial charge in [-0.25, -0.2) is 4.79 Å². The molecule has 0 heterocycles. The van der Waals surface area contributed by atoms with Crippen LogP contribution in [0.25, 0.3) is 0 Å². The van der Waals surface area contributed by atoms with Crippen molar-refractivity contribution in [2.45, 2.75) is 30.6 Å². The number of hydrogen-bond donors (Lipinski definition) is 3. The molecular formula is C13H18N2O3S. The van der Waals surface area contributed by atoms with Crippen molar-refractivity contribution in [3.8, 4) is 0 Å². The summed E-state index contributed by atoms with van der Waals surface area (Å²) in [5, 5.41) is 13.4. The second-order valence-electron chi connectivity index (χ2n) is 3.91. The number of urea groups is 1. The first kappa shape index (κ1) is 15.5. The first-order valence-corrected chi connectivity index (χ1v) is 6.90. The Hall–Kier alpha value is -1.53. The molecule has 1 rings (SSSR count). The summed E-state index contributed by atoms with van der Waals surface area (Å²) in [7, 11) is 0. The van der Waals surface area contributed by atoms with Crippen molar-refractivity contribution < 1.29 is 14.7 Å². The Bertz CT molecular complexity index is 451. The van der Waals surface area contributed by atoms with Crippen molar-refractivity contribution in [2.24, 2.45) is 0 Å². The van der Waals surface area contributed by atoms with Crippen LogP contribution in [-0.4, -0.2) is 28.8 Å². The molecule has 0 aliphatic carbocycles. The fourth-order valence-electron chi connectivity index (χ4n) is 1.39. The largest absolute Gasteiger partial charge is 0.392 e. The Balaban J connectivity index is 2.55. The van der Waals surface area contributed by atoms with Crippen molar-refractivity contribution in [2.75, 3.05) is 6.54 Å². The normalized spacial score (nSPS) is 11.7. The molecule has 3 amide bonds. The van der Waals surface area contributed by atoms with E-state index in [1.165, 1.54) is 11.8 Å². The Morgan fingerprint density at radius 2 is 2.16 bits per heavy atom. The summed E-state index contributed by atoms with van der Waals surface area (Å²) in [6.07, 6.45) is 0. The molecule has 0 spiro atoms. The molecule has 5 nitrogen and oxygen atoms in total. The topological polar surface area (TPSA) is 78.4 Å². The summed E-state index contributed by atoms with van der Waals surface area (Å²) >= 11 is 1.34. The Morgan fingerprint density at radius 1 is 1.42 bits per heavy atom.